The molecule has 0 atom stereocenters. The van der Waals surface area contributed by atoms with Crippen LogP contribution in [0.3, 0.4) is 0 Å². The average molecular weight is 417 g/mol. The Hall–Kier alpha value is -3.93. The van der Waals surface area contributed by atoms with Crippen LogP contribution in [0.4, 0.5) is 10.1 Å². The van der Waals surface area contributed by atoms with Crippen molar-refractivity contribution >= 4 is 22.6 Å². The lowest BCUT2D eigenvalue weighted by Crippen LogP contribution is -2.23. The Bertz CT molecular complexity index is 1330. The monoisotopic (exact) mass is 417 g/mol. The van der Waals surface area contributed by atoms with Gasteiger partial charge in [0.25, 0.3) is 5.91 Å². The molecule has 156 valence electrons. The fraction of sp³-hybridized carbons (Fsp3) is 0.120. The number of para-hydroxylation sites is 1. The number of amides is 1. The van der Waals surface area contributed by atoms with Crippen LogP contribution in [-0.4, -0.2) is 12.5 Å². The number of aryl methyl sites for hydroxylation is 2. The first-order valence-corrected chi connectivity index (χ1v) is 9.74. The van der Waals surface area contributed by atoms with Crippen LogP contribution < -0.4 is 15.5 Å². The van der Waals surface area contributed by atoms with Gasteiger partial charge in [0.15, 0.2) is 12.4 Å². The molecule has 1 heterocycles. The Morgan fingerprint density at radius 3 is 2.42 bits per heavy atom. The number of hydrogen-bond donors (Lipinski definition) is 1. The van der Waals surface area contributed by atoms with E-state index in [1.165, 1.54) is 18.2 Å². The van der Waals surface area contributed by atoms with Gasteiger partial charge in [-0.25, -0.2) is 4.39 Å². The summed E-state index contributed by atoms with van der Waals surface area (Å²) in [7, 11) is 0. The van der Waals surface area contributed by atoms with Crippen molar-refractivity contribution in [3.05, 3.63) is 93.9 Å². The summed E-state index contributed by atoms with van der Waals surface area (Å²) in [6.45, 7) is 3.37. The standard InChI is InChI=1S/C25H20FNO4/c1-15-12-18-21(13-16(15)2)31-24(17-8-4-3-5-9-17)25(23(18)29)30-14-22(28)27-20-11-7-6-10-19(20)26/h3-13H,14H2,1-2H3,(H,27,28). The van der Waals surface area contributed by atoms with Gasteiger partial charge in [0, 0.05) is 5.56 Å². The predicted molar refractivity (Wildman–Crippen MR) is 118 cm³/mol. The van der Waals surface area contributed by atoms with Crippen LogP contribution in [0.5, 0.6) is 5.75 Å². The van der Waals surface area contributed by atoms with Crippen LogP contribution in [0.1, 0.15) is 11.1 Å². The Labute approximate surface area is 178 Å². The van der Waals surface area contributed by atoms with E-state index >= 15 is 0 Å². The van der Waals surface area contributed by atoms with Crippen molar-refractivity contribution in [2.75, 3.05) is 11.9 Å². The SMILES string of the molecule is Cc1cc2oc(-c3ccccc3)c(OCC(=O)Nc3ccccc3F)c(=O)c2cc1C. The third-order valence-electron chi connectivity index (χ3n) is 5.00. The Morgan fingerprint density at radius 2 is 1.68 bits per heavy atom. The van der Waals surface area contributed by atoms with Crippen molar-refractivity contribution in [2.24, 2.45) is 0 Å². The summed E-state index contributed by atoms with van der Waals surface area (Å²) in [6.07, 6.45) is 0. The van der Waals surface area contributed by atoms with E-state index in [2.05, 4.69) is 5.32 Å². The minimum Gasteiger partial charge on any atom is -0.476 e. The Kier molecular flexibility index (Phi) is 5.54. The van der Waals surface area contributed by atoms with Crippen molar-refractivity contribution in [2.45, 2.75) is 13.8 Å². The predicted octanol–water partition coefficient (Wildman–Crippen LogP) is 5.23. The molecule has 0 fully saturated rings. The molecular formula is C25H20FNO4. The molecule has 0 saturated heterocycles. The van der Waals surface area contributed by atoms with Crippen LogP contribution >= 0.6 is 0 Å². The number of hydrogen-bond acceptors (Lipinski definition) is 4. The maximum atomic E-state index is 13.8. The number of carbonyl (C=O) groups excluding carboxylic acids is 1. The molecule has 0 aliphatic carbocycles. The van der Waals surface area contributed by atoms with Gasteiger partial charge in [-0.2, -0.15) is 0 Å². The van der Waals surface area contributed by atoms with E-state index in [1.807, 2.05) is 38.1 Å². The third kappa shape index (κ3) is 4.19. The Balaban J connectivity index is 1.72. The zero-order chi connectivity index (χ0) is 22.0. The highest BCUT2D eigenvalue weighted by molar-refractivity contribution is 5.92. The molecule has 31 heavy (non-hydrogen) atoms. The van der Waals surface area contributed by atoms with Crippen LogP contribution in [0, 0.1) is 19.7 Å². The van der Waals surface area contributed by atoms with Gasteiger partial charge >= 0.3 is 0 Å². The largest absolute Gasteiger partial charge is 0.476 e. The molecule has 0 bridgehead atoms. The number of nitrogens with one attached hydrogen (secondary N) is 1. The number of ether oxygens (including phenoxy) is 1. The van der Waals surface area contributed by atoms with Crippen LogP contribution in [0.25, 0.3) is 22.3 Å². The number of anilines is 1. The summed E-state index contributed by atoms with van der Waals surface area (Å²) in [5, 5.41) is 2.81. The highest BCUT2D eigenvalue weighted by Gasteiger charge is 2.19. The summed E-state index contributed by atoms with van der Waals surface area (Å²) in [4.78, 5) is 25.6. The lowest BCUT2D eigenvalue weighted by molar-refractivity contribution is -0.118. The fourth-order valence-electron chi connectivity index (χ4n) is 3.23. The number of rotatable bonds is 5. The van der Waals surface area contributed by atoms with Gasteiger partial charge in [-0.1, -0.05) is 42.5 Å². The average Bonchev–Trinajstić information content (AvgIpc) is 2.76. The highest BCUT2D eigenvalue weighted by Crippen LogP contribution is 2.31. The van der Waals surface area contributed by atoms with E-state index in [0.29, 0.717) is 16.5 Å². The normalized spacial score (nSPS) is 10.8. The second kappa shape index (κ2) is 8.44. The van der Waals surface area contributed by atoms with Crippen molar-refractivity contribution in [1.29, 1.82) is 0 Å². The molecule has 1 N–H and O–H groups in total. The minimum absolute atomic E-state index is 0.0380. The second-order valence-electron chi connectivity index (χ2n) is 7.20. The van der Waals surface area contributed by atoms with E-state index in [9.17, 15) is 14.0 Å². The zero-order valence-electron chi connectivity index (χ0n) is 17.1. The van der Waals surface area contributed by atoms with Gasteiger partial charge in [-0.05, 0) is 49.2 Å². The van der Waals surface area contributed by atoms with Crippen molar-refractivity contribution in [1.82, 2.24) is 0 Å². The quantitative estimate of drug-likeness (QED) is 0.483. The van der Waals surface area contributed by atoms with Crippen molar-refractivity contribution < 1.29 is 18.3 Å². The molecule has 3 aromatic carbocycles. The molecule has 6 heteroatoms. The summed E-state index contributed by atoms with van der Waals surface area (Å²) >= 11 is 0. The van der Waals surface area contributed by atoms with E-state index in [-0.39, 0.29) is 22.6 Å². The lowest BCUT2D eigenvalue weighted by Gasteiger charge is -2.13. The van der Waals surface area contributed by atoms with Crippen molar-refractivity contribution in [3.8, 4) is 17.1 Å². The summed E-state index contributed by atoms with van der Waals surface area (Å²) in [5.41, 5.74) is 2.68. The third-order valence-corrected chi connectivity index (χ3v) is 5.00. The van der Waals surface area contributed by atoms with Gasteiger partial charge < -0.3 is 14.5 Å². The minimum atomic E-state index is -0.594. The van der Waals surface area contributed by atoms with Crippen LogP contribution in [-0.2, 0) is 4.79 Å². The number of fused-ring (bicyclic) bond motifs is 1. The zero-order valence-corrected chi connectivity index (χ0v) is 17.1. The molecule has 0 spiro atoms. The maximum Gasteiger partial charge on any atom is 0.262 e. The van der Waals surface area contributed by atoms with Gasteiger partial charge in [-0.15, -0.1) is 0 Å². The first kappa shape index (κ1) is 20.3. The molecule has 5 nitrogen and oxygen atoms in total. The number of benzene rings is 3. The van der Waals surface area contributed by atoms with E-state index in [4.69, 9.17) is 9.15 Å². The van der Waals surface area contributed by atoms with Crippen molar-refractivity contribution in [3.63, 3.8) is 0 Å². The molecule has 0 saturated carbocycles. The molecule has 4 aromatic rings. The number of carbonyl (C=O) groups is 1. The van der Waals surface area contributed by atoms with E-state index < -0.39 is 18.3 Å². The smallest absolute Gasteiger partial charge is 0.262 e. The van der Waals surface area contributed by atoms with E-state index in [1.54, 1.807) is 24.3 Å². The van der Waals surface area contributed by atoms with E-state index in [0.717, 1.165) is 11.1 Å². The molecule has 4 rings (SSSR count). The fourth-order valence-corrected chi connectivity index (χ4v) is 3.23. The Morgan fingerprint density at radius 1 is 1.00 bits per heavy atom. The van der Waals surface area contributed by atoms with Gasteiger partial charge in [0.05, 0.1) is 11.1 Å². The molecule has 1 amide bonds. The van der Waals surface area contributed by atoms with Crippen LogP contribution in [0.15, 0.2) is 75.9 Å². The van der Waals surface area contributed by atoms with Gasteiger partial charge in [0.1, 0.15) is 11.4 Å². The first-order chi connectivity index (χ1) is 14.9. The lowest BCUT2D eigenvalue weighted by atomic mass is 10.0. The topological polar surface area (TPSA) is 68.5 Å². The number of halogens is 1. The van der Waals surface area contributed by atoms with Gasteiger partial charge in [0.2, 0.25) is 11.2 Å². The molecule has 0 aliphatic rings. The summed E-state index contributed by atoms with van der Waals surface area (Å²) in [5.74, 6) is -0.980. The van der Waals surface area contributed by atoms with Crippen LogP contribution in [0.2, 0.25) is 0 Å². The molecule has 0 aliphatic heterocycles. The first-order valence-electron chi connectivity index (χ1n) is 9.74. The molecule has 1 aromatic heterocycles. The summed E-state index contributed by atoms with van der Waals surface area (Å²) in [6, 6.07) is 18.4. The van der Waals surface area contributed by atoms with Gasteiger partial charge in [-0.3, -0.25) is 9.59 Å². The molecular weight excluding hydrogens is 397 g/mol. The molecule has 0 unspecified atom stereocenters. The molecule has 0 radical (unpaired) electrons. The maximum absolute atomic E-state index is 13.8. The summed E-state index contributed by atoms with van der Waals surface area (Å²) < 4.78 is 25.5. The highest BCUT2D eigenvalue weighted by atomic mass is 19.1. The second-order valence-corrected chi connectivity index (χ2v) is 7.20.